The van der Waals surface area contributed by atoms with Crippen LogP contribution < -0.4 is 10.6 Å². The van der Waals surface area contributed by atoms with Crippen LogP contribution >= 0.6 is 0 Å². The van der Waals surface area contributed by atoms with Crippen LogP contribution in [0, 0.1) is 0 Å². The standard InChI is InChI=1S/C12H16N2O2/c1-12(2,3)16-11(15)8-4-5-9-10(6-8)14-7-13-9/h4-6,13-14H,7H2,1-3H3. The molecular weight excluding hydrogens is 204 g/mol. The van der Waals surface area contributed by atoms with Crippen LogP contribution in [0.1, 0.15) is 31.1 Å². The molecule has 4 heteroatoms. The third kappa shape index (κ3) is 2.27. The maximum atomic E-state index is 11.8. The molecule has 1 heterocycles. The van der Waals surface area contributed by atoms with Crippen molar-refractivity contribution in [3.8, 4) is 0 Å². The molecule has 1 aromatic carbocycles. The fourth-order valence-corrected chi connectivity index (χ4v) is 1.54. The first-order valence-electron chi connectivity index (χ1n) is 5.31. The van der Waals surface area contributed by atoms with Crippen LogP contribution in [0.5, 0.6) is 0 Å². The Morgan fingerprint density at radius 1 is 1.25 bits per heavy atom. The summed E-state index contributed by atoms with van der Waals surface area (Å²) in [5.74, 6) is -0.288. The van der Waals surface area contributed by atoms with Gasteiger partial charge in [-0.1, -0.05) is 0 Å². The minimum Gasteiger partial charge on any atom is -0.456 e. The summed E-state index contributed by atoms with van der Waals surface area (Å²) < 4.78 is 5.30. The molecule has 0 fully saturated rings. The van der Waals surface area contributed by atoms with Crippen LogP contribution in [0.15, 0.2) is 18.2 Å². The number of fused-ring (bicyclic) bond motifs is 1. The molecule has 0 unspecified atom stereocenters. The van der Waals surface area contributed by atoms with E-state index in [0.29, 0.717) is 12.2 Å². The second-order valence-corrected chi connectivity index (χ2v) is 4.79. The smallest absolute Gasteiger partial charge is 0.338 e. The number of anilines is 2. The van der Waals surface area contributed by atoms with E-state index in [-0.39, 0.29) is 5.97 Å². The third-order valence-corrected chi connectivity index (χ3v) is 2.21. The molecule has 1 aliphatic rings. The Balaban J connectivity index is 2.19. The van der Waals surface area contributed by atoms with E-state index in [1.165, 1.54) is 0 Å². The zero-order valence-electron chi connectivity index (χ0n) is 9.76. The summed E-state index contributed by atoms with van der Waals surface area (Å²) >= 11 is 0. The molecule has 86 valence electrons. The highest BCUT2D eigenvalue weighted by atomic mass is 16.6. The van der Waals surface area contributed by atoms with Crippen molar-refractivity contribution < 1.29 is 9.53 Å². The van der Waals surface area contributed by atoms with Gasteiger partial charge in [-0.3, -0.25) is 0 Å². The Morgan fingerprint density at radius 2 is 1.94 bits per heavy atom. The number of benzene rings is 1. The highest BCUT2D eigenvalue weighted by Gasteiger charge is 2.19. The zero-order valence-corrected chi connectivity index (χ0v) is 9.76. The normalized spacial score (nSPS) is 13.7. The fraction of sp³-hybridized carbons (Fsp3) is 0.417. The SMILES string of the molecule is CC(C)(C)OC(=O)c1ccc2c(c1)NCN2. The minimum atomic E-state index is -0.457. The number of esters is 1. The first-order valence-corrected chi connectivity index (χ1v) is 5.31. The number of rotatable bonds is 1. The van der Waals surface area contributed by atoms with Gasteiger partial charge in [-0.2, -0.15) is 0 Å². The number of carbonyl (C=O) groups is 1. The third-order valence-electron chi connectivity index (χ3n) is 2.21. The van der Waals surface area contributed by atoms with Crippen LogP contribution in [-0.2, 0) is 4.74 Å². The summed E-state index contributed by atoms with van der Waals surface area (Å²) in [4.78, 5) is 11.8. The van der Waals surface area contributed by atoms with Gasteiger partial charge in [0.1, 0.15) is 5.60 Å². The lowest BCUT2D eigenvalue weighted by molar-refractivity contribution is 0.00696. The molecule has 16 heavy (non-hydrogen) atoms. The Bertz CT molecular complexity index is 422. The van der Waals surface area contributed by atoms with Gasteiger partial charge in [-0.15, -0.1) is 0 Å². The molecule has 4 nitrogen and oxygen atoms in total. The topological polar surface area (TPSA) is 50.4 Å². The average Bonchev–Trinajstić information content (AvgIpc) is 2.61. The zero-order chi connectivity index (χ0) is 11.8. The van der Waals surface area contributed by atoms with Gasteiger partial charge in [-0.05, 0) is 39.0 Å². The van der Waals surface area contributed by atoms with Crippen molar-refractivity contribution >= 4 is 17.3 Å². The van der Waals surface area contributed by atoms with Crippen LogP contribution in [0.25, 0.3) is 0 Å². The van der Waals surface area contributed by atoms with Gasteiger partial charge < -0.3 is 15.4 Å². The molecule has 0 saturated carbocycles. The number of hydrogen-bond donors (Lipinski definition) is 2. The predicted molar refractivity (Wildman–Crippen MR) is 63.7 cm³/mol. The highest BCUT2D eigenvalue weighted by Crippen LogP contribution is 2.27. The predicted octanol–water partition coefficient (Wildman–Crippen LogP) is 2.44. The molecule has 0 bridgehead atoms. The summed E-state index contributed by atoms with van der Waals surface area (Å²) in [5.41, 5.74) is 2.09. The molecule has 2 N–H and O–H groups in total. The second kappa shape index (κ2) is 3.70. The van der Waals surface area contributed by atoms with Crippen LogP contribution in [0.2, 0.25) is 0 Å². The lowest BCUT2D eigenvalue weighted by Crippen LogP contribution is -2.23. The first kappa shape index (κ1) is 10.8. The Hall–Kier alpha value is -1.71. The van der Waals surface area contributed by atoms with Gasteiger partial charge in [0.05, 0.1) is 23.6 Å². The maximum absolute atomic E-state index is 11.8. The lowest BCUT2D eigenvalue weighted by Gasteiger charge is -2.19. The molecule has 0 radical (unpaired) electrons. The Kier molecular flexibility index (Phi) is 2.50. The number of nitrogens with one attached hydrogen (secondary N) is 2. The van der Waals surface area contributed by atoms with Crippen LogP contribution in [0.4, 0.5) is 11.4 Å². The fourth-order valence-electron chi connectivity index (χ4n) is 1.54. The molecular formula is C12H16N2O2. The van der Waals surface area contributed by atoms with Gasteiger partial charge in [0.2, 0.25) is 0 Å². The summed E-state index contributed by atoms with van der Waals surface area (Å²) in [5, 5.41) is 6.29. The van der Waals surface area contributed by atoms with E-state index >= 15 is 0 Å². The maximum Gasteiger partial charge on any atom is 0.338 e. The van der Waals surface area contributed by atoms with E-state index in [1.807, 2.05) is 32.9 Å². The summed E-state index contributed by atoms with van der Waals surface area (Å²) in [6.07, 6.45) is 0. The van der Waals surface area contributed by atoms with Crippen LogP contribution in [-0.4, -0.2) is 18.2 Å². The van der Waals surface area contributed by atoms with Crippen molar-refractivity contribution in [1.29, 1.82) is 0 Å². The Morgan fingerprint density at radius 3 is 2.62 bits per heavy atom. The van der Waals surface area contributed by atoms with Gasteiger partial charge in [-0.25, -0.2) is 4.79 Å². The monoisotopic (exact) mass is 220 g/mol. The van der Waals surface area contributed by atoms with Gasteiger partial charge >= 0.3 is 5.97 Å². The summed E-state index contributed by atoms with van der Waals surface area (Å²) in [6.45, 7) is 6.28. The van der Waals surface area contributed by atoms with Gasteiger partial charge in [0.15, 0.2) is 0 Å². The second-order valence-electron chi connectivity index (χ2n) is 4.79. The molecule has 0 saturated heterocycles. The number of hydrogen-bond acceptors (Lipinski definition) is 4. The van der Waals surface area contributed by atoms with E-state index in [2.05, 4.69) is 10.6 Å². The van der Waals surface area contributed by atoms with Crippen molar-refractivity contribution in [2.45, 2.75) is 26.4 Å². The van der Waals surface area contributed by atoms with E-state index in [4.69, 9.17) is 4.74 Å². The number of ether oxygens (including phenoxy) is 1. The lowest BCUT2D eigenvalue weighted by atomic mass is 10.1. The van der Waals surface area contributed by atoms with E-state index in [1.54, 1.807) is 6.07 Å². The van der Waals surface area contributed by atoms with E-state index in [0.717, 1.165) is 11.4 Å². The van der Waals surface area contributed by atoms with Gasteiger partial charge in [0, 0.05) is 0 Å². The van der Waals surface area contributed by atoms with Crippen molar-refractivity contribution in [1.82, 2.24) is 0 Å². The molecule has 0 atom stereocenters. The van der Waals surface area contributed by atoms with E-state index < -0.39 is 5.60 Å². The van der Waals surface area contributed by atoms with Crippen molar-refractivity contribution in [3.05, 3.63) is 23.8 Å². The molecule has 0 aromatic heterocycles. The van der Waals surface area contributed by atoms with E-state index in [9.17, 15) is 4.79 Å². The largest absolute Gasteiger partial charge is 0.456 e. The minimum absolute atomic E-state index is 0.288. The molecule has 1 aromatic rings. The van der Waals surface area contributed by atoms with Crippen molar-refractivity contribution in [3.63, 3.8) is 0 Å². The molecule has 0 amide bonds. The molecule has 2 rings (SSSR count). The molecule has 0 aliphatic carbocycles. The van der Waals surface area contributed by atoms with Crippen molar-refractivity contribution in [2.24, 2.45) is 0 Å². The summed E-state index contributed by atoms with van der Waals surface area (Å²) in [7, 11) is 0. The molecule has 0 spiro atoms. The van der Waals surface area contributed by atoms with Gasteiger partial charge in [0.25, 0.3) is 0 Å². The average molecular weight is 220 g/mol. The first-order chi connectivity index (χ1) is 7.46. The Labute approximate surface area is 95.0 Å². The highest BCUT2D eigenvalue weighted by molar-refractivity contribution is 5.93. The number of carbonyl (C=O) groups excluding carboxylic acids is 1. The van der Waals surface area contributed by atoms with Crippen molar-refractivity contribution in [2.75, 3.05) is 17.3 Å². The summed E-state index contributed by atoms with van der Waals surface area (Å²) in [6, 6.07) is 5.46. The molecule has 1 aliphatic heterocycles. The van der Waals surface area contributed by atoms with Crippen LogP contribution in [0.3, 0.4) is 0 Å². The quantitative estimate of drug-likeness (QED) is 0.714.